The molecule has 0 amide bonds. The zero-order valence-electron chi connectivity index (χ0n) is 16.6. The van der Waals surface area contributed by atoms with Gasteiger partial charge in [0.25, 0.3) is 0 Å². The quantitative estimate of drug-likeness (QED) is 0.598. The molecule has 158 valence electrons. The summed E-state index contributed by atoms with van der Waals surface area (Å²) < 4.78 is 67.1. The molecule has 3 rings (SSSR count). The second kappa shape index (κ2) is 8.67. The molecule has 0 unspecified atom stereocenters. The minimum absolute atomic E-state index is 0.0557. The first-order valence-electron chi connectivity index (χ1n) is 9.26. The molecule has 8 heteroatoms. The van der Waals surface area contributed by atoms with Crippen molar-refractivity contribution in [2.45, 2.75) is 35.0 Å². The number of halogens is 1. The zero-order valence-corrected chi connectivity index (χ0v) is 18.2. The Kier molecular flexibility index (Phi) is 6.40. The molecule has 0 saturated carbocycles. The third-order valence-corrected chi connectivity index (χ3v) is 8.06. The van der Waals surface area contributed by atoms with Crippen molar-refractivity contribution >= 4 is 19.9 Å². The first kappa shape index (κ1) is 22.1. The van der Waals surface area contributed by atoms with E-state index in [1.807, 2.05) is 6.92 Å². The van der Waals surface area contributed by atoms with Crippen molar-refractivity contribution in [3.8, 4) is 0 Å². The maximum absolute atomic E-state index is 13.3. The summed E-state index contributed by atoms with van der Waals surface area (Å²) in [4.78, 5) is -0.100. The van der Waals surface area contributed by atoms with Crippen LogP contribution in [0.5, 0.6) is 0 Å². The Bertz CT molecular complexity index is 1270. The van der Waals surface area contributed by atoms with E-state index in [-0.39, 0.29) is 27.0 Å². The van der Waals surface area contributed by atoms with Gasteiger partial charge in [-0.05, 0) is 67.8 Å². The van der Waals surface area contributed by atoms with Gasteiger partial charge in [0.15, 0.2) is 0 Å². The second-order valence-electron chi connectivity index (χ2n) is 7.02. The summed E-state index contributed by atoms with van der Waals surface area (Å²) in [6, 6.07) is 16.3. The predicted octanol–water partition coefficient (Wildman–Crippen LogP) is 3.80. The largest absolute Gasteiger partial charge is 0.240 e. The molecule has 0 aliphatic carbocycles. The van der Waals surface area contributed by atoms with Gasteiger partial charge in [0.2, 0.25) is 19.9 Å². The number of benzene rings is 3. The second-order valence-corrected chi connectivity index (χ2v) is 10.7. The van der Waals surface area contributed by atoms with Crippen molar-refractivity contribution in [2.24, 2.45) is 0 Å². The minimum Gasteiger partial charge on any atom is -0.219 e. The van der Waals surface area contributed by atoms with Crippen LogP contribution in [0, 0.1) is 19.7 Å². The van der Waals surface area contributed by atoms with E-state index in [2.05, 4.69) is 4.72 Å². The maximum Gasteiger partial charge on any atom is 0.240 e. The minimum atomic E-state index is -3.95. The molecule has 0 heterocycles. The number of sulfone groups is 1. The lowest BCUT2D eigenvalue weighted by Crippen LogP contribution is -2.27. The molecule has 0 fully saturated rings. The van der Waals surface area contributed by atoms with Crippen molar-refractivity contribution in [2.75, 3.05) is 6.54 Å². The third kappa shape index (κ3) is 4.95. The third-order valence-electron chi connectivity index (χ3n) is 4.69. The fraction of sp³-hybridized carbons (Fsp3) is 0.182. The molecule has 0 aliphatic rings. The summed E-state index contributed by atoms with van der Waals surface area (Å²) in [5.74, 6) is -0.389. The molecular formula is C22H22FNO4S2. The van der Waals surface area contributed by atoms with Crippen molar-refractivity contribution in [3.63, 3.8) is 0 Å². The van der Waals surface area contributed by atoms with Crippen LogP contribution in [0.1, 0.15) is 16.7 Å². The molecule has 0 radical (unpaired) electrons. The van der Waals surface area contributed by atoms with Crippen LogP contribution in [0.3, 0.4) is 0 Å². The highest BCUT2D eigenvalue weighted by atomic mass is 32.2. The summed E-state index contributed by atoms with van der Waals surface area (Å²) in [6.45, 7) is 3.51. The number of nitrogens with one attached hydrogen (secondary N) is 1. The molecule has 0 bridgehead atoms. The van der Waals surface area contributed by atoms with Crippen LogP contribution in [-0.4, -0.2) is 23.4 Å². The first-order valence-corrected chi connectivity index (χ1v) is 12.2. The molecular weight excluding hydrogens is 425 g/mol. The number of rotatable bonds is 7. The van der Waals surface area contributed by atoms with E-state index < -0.39 is 19.9 Å². The van der Waals surface area contributed by atoms with Gasteiger partial charge in [0.1, 0.15) is 5.82 Å². The van der Waals surface area contributed by atoms with Crippen LogP contribution < -0.4 is 4.72 Å². The zero-order chi connectivity index (χ0) is 21.9. The van der Waals surface area contributed by atoms with Gasteiger partial charge in [-0.25, -0.2) is 25.9 Å². The van der Waals surface area contributed by atoms with Gasteiger partial charge in [0, 0.05) is 6.54 Å². The Morgan fingerprint density at radius 2 is 1.50 bits per heavy atom. The summed E-state index contributed by atoms with van der Waals surface area (Å²) in [5.41, 5.74) is 2.00. The maximum atomic E-state index is 13.3. The van der Waals surface area contributed by atoms with E-state index in [1.165, 1.54) is 42.5 Å². The van der Waals surface area contributed by atoms with E-state index in [9.17, 15) is 21.2 Å². The summed E-state index contributed by atoms with van der Waals surface area (Å²) in [7, 11) is -7.81. The topological polar surface area (TPSA) is 80.3 Å². The molecule has 3 aromatic rings. The van der Waals surface area contributed by atoms with E-state index in [0.29, 0.717) is 17.5 Å². The van der Waals surface area contributed by atoms with Crippen LogP contribution in [-0.2, 0) is 26.3 Å². The Hall–Kier alpha value is -2.55. The van der Waals surface area contributed by atoms with Gasteiger partial charge >= 0.3 is 0 Å². The molecule has 0 atom stereocenters. The molecule has 0 aromatic heterocycles. The Labute approximate surface area is 176 Å². The molecule has 0 spiro atoms. The Morgan fingerprint density at radius 1 is 0.833 bits per heavy atom. The Balaban J connectivity index is 1.85. The van der Waals surface area contributed by atoms with E-state index in [1.54, 1.807) is 31.2 Å². The smallest absolute Gasteiger partial charge is 0.219 e. The molecule has 5 nitrogen and oxygen atoms in total. The van der Waals surface area contributed by atoms with Gasteiger partial charge in [0.05, 0.1) is 14.7 Å². The molecule has 30 heavy (non-hydrogen) atoms. The van der Waals surface area contributed by atoms with Gasteiger partial charge in [-0.15, -0.1) is 0 Å². The lowest BCUT2D eigenvalue weighted by atomic mass is 10.1. The normalized spacial score (nSPS) is 12.1. The number of aryl methyl sites for hydroxylation is 2. The molecule has 0 saturated heterocycles. The molecule has 3 aromatic carbocycles. The summed E-state index contributed by atoms with van der Waals surface area (Å²) in [5, 5.41) is 0. The Morgan fingerprint density at radius 3 is 2.17 bits per heavy atom. The summed E-state index contributed by atoms with van der Waals surface area (Å²) in [6.07, 6.45) is 0.303. The monoisotopic (exact) mass is 447 g/mol. The highest BCUT2D eigenvalue weighted by Gasteiger charge is 2.23. The van der Waals surface area contributed by atoms with Crippen LogP contribution in [0.4, 0.5) is 4.39 Å². The average Bonchev–Trinajstić information content (AvgIpc) is 2.68. The van der Waals surface area contributed by atoms with Crippen molar-refractivity contribution < 1.29 is 21.2 Å². The van der Waals surface area contributed by atoms with E-state index in [0.717, 1.165) is 5.56 Å². The van der Waals surface area contributed by atoms with Gasteiger partial charge in [-0.3, -0.25) is 0 Å². The van der Waals surface area contributed by atoms with Crippen molar-refractivity contribution in [3.05, 3.63) is 89.2 Å². The number of hydrogen-bond donors (Lipinski definition) is 1. The lowest BCUT2D eigenvalue weighted by Gasteiger charge is -2.12. The van der Waals surface area contributed by atoms with Gasteiger partial charge in [-0.2, -0.15) is 0 Å². The first-order chi connectivity index (χ1) is 14.1. The van der Waals surface area contributed by atoms with Crippen LogP contribution in [0.25, 0.3) is 0 Å². The SMILES string of the molecule is Cc1ccc(S(=O)(=O)c2ccc(C)c(S(=O)(=O)NCCc3cccc(F)c3)c2)cc1. The number of sulfonamides is 1. The van der Waals surface area contributed by atoms with Gasteiger partial charge in [-0.1, -0.05) is 35.9 Å². The van der Waals surface area contributed by atoms with Gasteiger partial charge < -0.3 is 0 Å². The fourth-order valence-corrected chi connectivity index (χ4v) is 5.65. The van der Waals surface area contributed by atoms with Crippen LogP contribution in [0.15, 0.2) is 81.4 Å². The summed E-state index contributed by atoms with van der Waals surface area (Å²) >= 11 is 0. The van der Waals surface area contributed by atoms with Crippen LogP contribution >= 0.6 is 0 Å². The predicted molar refractivity (Wildman–Crippen MR) is 113 cm³/mol. The van der Waals surface area contributed by atoms with Crippen molar-refractivity contribution in [1.82, 2.24) is 4.72 Å². The lowest BCUT2D eigenvalue weighted by molar-refractivity contribution is 0.580. The standard InChI is InChI=1S/C22H22FNO4S2/c1-16-6-9-20(10-7-16)29(25,26)21-11-8-17(2)22(15-21)30(27,28)24-13-12-18-4-3-5-19(23)14-18/h3-11,14-15,24H,12-13H2,1-2H3. The molecule has 0 aliphatic heterocycles. The van der Waals surface area contributed by atoms with E-state index >= 15 is 0 Å². The highest BCUT2D eigenvalue weighted by Crippen LogP contribution is 2.25. The van der Waals surface area contributed by atoms with Crippen molar-refractivity contribution in [1.29, 1.82) is 0 Å². The fourth-order valence-electron chi connectivity index (χ4n) is 2.99. The van der Waals surface area contributed by atoms with E-state index in [4.69, 9.17) is 0 Å². The number of hydrogen-bond acceptors (Lipinski definition) is 4. The average molecular weight is 448 g/mol. The highest BCUT2D eigenvalue weighted by molar-refractivity contribution is 7.91. The molecule has 1 N–H and O–H groups in total. The van der Waals surface area contributed by atoms with Crippen LogP contribution in [0.2, 0.25) is 0 Å².